The summed E-state index contributed by atoms with van der Waals surface area (Å²) in [5, 5.41) is 7.70. The number of aromatic nitrogens is 1. The van der Waals surface area contributed by atoms with Gasteiger partial charge in [-0.3, -0.25) is 4.79 Å². The Hall–Kier alpha value is -3.06. The lowest BCUT2D eigenvalue weighted by molar-refractivity contribution is 0.409. The highest BCUT2D eigenvalue weighted by Crippen LogP contribution is 2.31. The molecular formula is C22H25N3O3S. The Morgan fingerprint density at radius 1 is 1.07 bits per heavy atom. The topological polar surface area (TPSA) is 75.4 Å². The molecule has 29 heavy (non-hydrogen) atoms. The van der Waals surface area contributed by atoms with Crippen molar-refractivity contribution in [3.63, 3.8) is 0 Å². The van der Waals surface area contributed by atoms with E-state index in [-0.39, 0.29) is 5.56 Å². The molecule has 152 valence electrons. The number of rotatable bonds is 6. The largest absolute Gasteiger partial charge is 0.496 e. The molecule has 0 aliphatic heterocycles. The number of hydrogen-bond acceptors (Lipinski definition) is 4. The van der Waals surface area contributed by atoms with Crippen LogP contribution in [0.1, 0.15) is 16.7 Å². The number of nitrogens with one attached hydrogen (secondary N) is 3. The second kappa shape index (κ2) is 8.96. The number of H-pyrrole nitrogens is 1. The molecule has 0 atom stereocenters. The van der Waals surface area contributed by atoms with Gasteiger partial charge in [-0.05, 0) is 67.9 Å². The zero-order valence-electron chi connectivity index (χ0n) is 17.0. The van der Waals surface area contributed by atoms with Gasteiger partial charge in [0, 0.05) is 23.2 Å². The van der Waals surface area contributed by atoms with Crippen molar-refractivity contribution in [1.82, 2.24) is 10.3 Å². The van der Waals surface area contributed by atoms with Gasteiger partial charge in [0.2, 0.25) is 0 Å². The zero-order chi connectivity index (χ0) is 21.0. The minimum Gasteiger partial charge on any atom is -0.496 e. The van der Waals surface area contributed by atoms with Crippen LogP contribution in [0.2, 0.25) is 0 Å². The van der Waals surface area contributed by atoms with Crippen molar-refractivity contribution in [3.8, 4) is 11.5 Å². The molecule has 3 aromatic rings. The lowest BCUT2D eigenvalue weighted by atomic mass is 10.1. The minimum atomic E-state index is -0.153. The normalized spacial score (nSPS) is 10.6. The average molecular weight is 412 g/mol. The number of aromatic amines is 1. The van der Waals surface area contributed by atoms with E-state index in [9.17, 15) is 4.79 Å². The molecule has 0 unspecified atom stereocenters. The predicted octanol–water partition coefficient (Wildman–Crippen LogP) is 3.69. The molecule has 0 radical (unpaired) electrons. The van der Waals surface area contributed by atoms with E-state index in [0.717, 1.165) is 22.2 Å². The number of methoxy groups -OCH3 is 2. The van der Waals surface area contributed by atoms with Gasteiger partial charge in [-0.2, -0.15) is 0 Å². The van der Waals surface area contributed by atoms with Gasteiger partial charge in [-0.1, -0.05) is 12.1 Å². The number of thiocarbonyl (C=S) groups is 1. The van der Waals surface area contributed by atoms with Gasteiger partial charge in [0.1, 0.15) is 11.5 Å². The van der Waals surface area contributed by atoms with Crippen LogP contribution in [0.3, 0.4) is 0 Å². The van der Waals surface area contributed by atoms with Gasteiger partial charge in [0.25, 0.3) is 5.56 Å². The first-order valence-corrected chi connectivity index (χ1v) is 9.72. The van der Waals surface area contributed by atoms with E-state index in [1.807, 2.05) is 26.0 Å². The first-order chi connectivity index (χ1) is 13.9. The molecule has 0 saturated carbocycles. The lowest BCUT2D eigenvalue weighted by Crippen LogP contribution is -2.31. The Labute approximate surface area is 175 Å². The van der Waals surface area contributed by atoms with Crippen LogP contribution in [0, 0.1) is 13.8 Å². The number of aryl methyl sites for hydroxylation is 2. The van der Waals surface area contributed by atoms with Gasteiger partial charge in [0.15, 0.2) is 5.11 Å². The predicted molar refractivity (Wildman–Crippen MR) is 122 cm³/mol. The average Bonchev–Trinajstić information content (AvgIpc) is 2.70. The van der Waals surface area contributed by atoms with E-state index < -0.39 is 0 Å². The molecule has 0 spiro atoms. The van der Waals surface area contributed by atoms with Crippen LogP contribution < -0.4 is 25.7 Å². The van der Waals surface area contributed by atoms with Crippen LogP contribution in [-0.4, -0.2) is 30.9 Å². The van der Waals surface area contributed by atoms with E-state index in [0.29, 0.717) is 40.7 Å². The van der Waals surface area contributed by atoms with Crippen molar-refractivity contribution in [2.24, 2.45) is 0 Å². The molecule has 0 saturated heterocycles. The maximum absolute atomic E-state index is 12.5. The zero-order valence-corrected chi connectivity index (χ0v) is 17.8. The molecule has 0 aliphatic rings. The maximum Gasteiger partial charge on any atom is 0.251 e. The summed E-state index contributed by atoms with van der Waals surface area (Å²) in [7, 11) is 3.17. The molecular weight excluding hydrogens is 386 g/mol. The Kier molecular flexibility index (Phi) is 6.39. The van der Waals surface area contributed by atoms with Crippen LogP contribution in [0.15, 0.2) is 41.2 Å². The summed E-state index contributed by atoms with van der Waals surface area (Å²) in [6, 6.07) is 11.6. The van der Waals surface area contributed by atoms with Gasteiger partial charge < -0.3 is 25.1 Å². The third-order valence-corrected chi connectivity index (χ3v) is 5.02. The summed E-state index contributed by atoms with van der Waals surface area (Å²) in [6.07, 6.45) is 0.514. The van der Waals surface area contributed by atoms with Crippen molar-refractivity contribution in [2.45, 2.75) is 20.3 Å². The number of benzene rings is 2. The molecule has 1 heterocycles. The van der Waals surface area contributed by atoms with Gasteiger partial charge in [-0.25, -0.2) is 0 Å². The van der Waals surface area contributed by atoms with Gasteiger partial charge >= 0.3 is 0 Å². The molecule has 3 rings (SSSR count). The molecule has 2 aromatic carbocycles. The van der Waals surface area contributed by atoms with E-state index in [2.05, 4.69) is 33.8 Å². The number of ether oxygens (including phenoxy) is 2. The van der Waals surface area contributed by atoms with Crippen LogP contribution in [0.25, 0.3) is 10.9 Å². The molecule has 7 heteroatoms. The highest BCUT2D eigenvalue weighted by atomic mass is 32.1. The smallest absolute Gasteiger partial charge is 0.251 e. The fourth-order valence-electron chi connectivity index (χ4n) is 3.17. The van der Waals surface area contributed by atoms with Crippen molar-refractivity contribution >= 4 is 33.9 Å². The highest BCUT2D eigenvalue weighted by molar-refractivity contribution is 7.80. The summed E-state index contributed by atoms with van der Waals surface area (Å²) in [5.74, 6) is 1.28. The highest BCUT2D eigenvalue weighted by Gasteiger charge is 2.11. The standard InChI is InChI=1S/C22H25N3O3S/c1-13-5-6-14(2)17(11-13)24-22(29)23-10-9-15-12-16-18(27-3)7-8-19(28-4)20(16)25-21(15)26/h5-8,11-12H,9-10H2,1-4H3,(H,25,26)(H2,23,24,29). The Morgan fingerprint density at radius 3 is 2.52 bits per heavy atom. The molecule has 0 fully saturated rings. The SMILES string of the molecule is COc1ccc(OC)c2[nH]c(=O)c(CCNC(=S)Nc3cc(C)ccc3C)cc12. The van der Waals surface area contributed by atoms with Crippen molar-refractivity contribution < 1.29 is 9.47 Å². The van der Waals surface area contributed by atoms with Crippen LogP contribution in [0.4, 0.5) is 5.69 Å². The summed E-state index contributed by atoms with van der Waals surface area (Å²) in [4.78, 5) is 15.4. The molecule has 0 aliphatic carbocycles. The van der Waals surface area contributed by atoms with Gasteiger partial charge in [-0.15, -0.1) is 0 Å². The Bertz CT molecular complexity index is 1110. The van der Waals surface area contributed by atoms with Crippen molar-refractivity contribution in [2.75, 3.05) is 26.1 Å². The van der Waals surface area contributed by atoms with E-state index in [1.165, 1.54) is 0 Å². The number of fused-ring (bicyclic) bond motifs is 1. The summed E-state index contributed by atoms with van der Waals surface area (Å²) >= 11 is 5.39. The summed E-state index contributed by atoms with van der Waals surface area (Å²) in [5.41, 5.74) is 4.37. The van der Waals surface area contributed by atoms with E-state index in [1.54, 1.807) is 20.3 Å². The minimum absolute atomic E-state index is 0.153. The Morgan fingerprint density at radius 2 is 1.79 bits per heavy atom. The fourth-order valence-corrected chi connectivity index (χ4v) is 3.38. The maximum atomic E-state index is 12.5. The van der Waals surface area contributed by atoms with E-state index >= 15 is 0 Å². The summed E-state index contributed by atoms with van der Waals surface area (Å²) < 4.78 is 10.8. The Balaban J connectivity index is 1.72. The fraction of sp³-hybridized carbons (Fsp3) is 0.273. The molecule has 3 N–H and O–H groups in total. The second-order valence-electron chi connectivity index (χ2n) is 6.83. The molecule has 0 bridgehead atoms. The molecule has 6 nitrogen and oxygen atoms in total. The van der Waals surface area contributed by atoms with Crippen LogP contribution in [-0.2, 0) is 6.42 Å². The third kappa shape index (κ3) is 4.68. The third-order valence-electron chi connectivity index (χ3n) is 4.78. The number of anilines is 1. The summed E-state index contributed by atoms with van der Waals surface area (Å²) in [6.45, 7) is 4.59. The second-order valence-corrected chi connectivity index (χ2v) is 7.24. The first kappa shape index (κ1) is 20.7. The van der Waals surface area contributed by atoms with Gasteiger partial charge in [0.05, 0.1) is 19.7 Å². The van der Waals surface area contributed by atoms with E-state index in [4.69, 9.17) is 21.7 Å². The molecule has 0 amide bonds. The van der Waals surface area contributed by atoms with Crippen LogP contribution >= 0.6 is 12.2 Å². The lowest BCUT2D eigenvalue weighted by Gasteiger charge is -2.14. The van der Waals surface area contributed by atoms with Crippen molar-refractivity contribution in [1.29, 1.82) is 0 Å². The number of hydrogen-bond donors (Lipinski definition) is 3. The quantitative estimate of drug-likeness (QED) is 0.537. The molecule has 1 aromatic heterocycles. The van der Waals surface area contributed by atoms with Crippen molar-refractivity contribution in [3.05, 3.63) is 63.4 Å². The number of pyridine rings is 1. The van der Waals surface area contributed by atoms with Crippen LogP contribution in [0.5, 0.6) is 11.5 Å². The first-order valence-electron chi connectivity index (χ1n) is 9.32. The monoisotopic (exact) mass is 411 g/mol.